The summed E-state index contributed by atoms with van der Waals surface area (Å²) in [6.07, 6.45) is 0. The van der Waals surface area contributed by atoms with Gasteiger partial charge >= 0.3 is 0 Å². The van der Waals surface area contributed by atoms with Crippen molar-refractivity contribution in [2.45, 2.75) is 6.54 Å². The molecule has 23 heavy (non-hydrogen) atoms. The standard InChI is InChI=1S/C17H19N3O3/c1-18(2)15-8-4-13(5-9-15)12-19(3)17(21)14-6-10-16(11-7-14)20(22)23/h4-11H,12H2,1-3H3. The van der Waals surface area contributed by atoms with Crippen LogP contribution in [0.3, 0.4) is 0 Å². The third-order valence-electron chi connectivity index (χ3n) is 3.54. The Morgan fingerprint density at radius 3 is 2.04 bits per heavy atom. The molecule has 120 valence electrons. The Hall–Kier alpha value is -2.89. The smallest absolute Gasteiger partial charge is 0.269 e. The molecular formula is C17H19N3O3. The fourth-order valence-electron chi connectivity index (χ4n) is 2.19. The van der Waals surface area contributed by atoms with Gasteiger partial charge in [0, 0.05) is 51.1 Å². The van der Waals surface area contributed by atoms with E-state index in [9.17, 15) is 14.9 Å². The van der Waals surface area contributed by atoms with Gasteiger partial charge < -0.3 is 9.80 Å². The van der Waals surface area contributed by atoms with Gasteiger partial charge in [-0.15, -0.1) is 0 Å². The Labute approximate surface area is 135 Å². The van der Waals surface area contributed by atoms with Gasteiger partial charge in [-0.2, -0.15) is 0 Å². The molecule has 0 unspecified atom stereocenters. The zero-order valence-corrected chi connectivity index (χ0v) is 13.4. The minimum Gasteiger partial charge on any atom is -0.378 e. The van der Waals surface area contributed by atoms with Crippen molar-refractivity contribution >= 4 is 17.3 Å². The van der Waals surface area contributed by atoms with Gasteiger partial charge in [0.15, 0.2) is 0 Å². The molecule has 0 bridgehead atoms. The van der Waals surface area contributed by atoms with Crippen molar-refractivity contribution in [3.8, 4) is 0 Å². The molecular weight excluding hydrogens is 294 g/mol. The average molecular weight is 313 g/mol. The molecule has 0 aliphatic rings. The summed E-state index contributed by atoms with van der Waals surface area (Å²) in [6, 6.07) is 13.6. The third kappa shape index (κ3) is 4.06. The highest BCUT2D eigenvalue weighted by Crippen LogP contribution is 2.16. The molecule has 2 rings (SSSR count). The van der Waals surface area contributed by atoms with Crippen LogP contribution >= 0.6 is 0 Å². The molecule has 0 spiro atoms. The number of amides is 1. The van der Waals surface area contributed by atoms with Crippen molar-refractivity contribution in [2.24, 2.45) is 0 Å². The lowest BCUT2D eigenvalue weighted by atomic mass is 10.1. The maximum Gasteiger partial charge on any atom is 0.269 e. The van der Waals surface area contributed by atoms with Crippen LogP contribution in [0, 0.1) is 10.1 Å². The lowest BCUT2D eigenvalue weighted by Crippen LogP contribution is -2.26. The van der Waals surface area contributed by atoms with Crippen molar-refractivity contribution in [1.29, 1.82) is 0 Å². The van der Waals surface area contributed by atoms with Gasteiger partial charge in [-0.1, -0.05) is 12.1 Å². The van der Waals surface area contributed by atoms with E-state index in [0.29, 0.717) is 12.1 Å². The van der Waals surface area contributed by atoms with Gasteiger partial charge in [0.25, 0.3) is 11.6 Å². The Kier molecular flexibility index (Phi) is 4.95. The Morgan fingerprint density at radius 1 is 1.00 bits per heavy atom. The molecule has 0 atom stereocenters. The number of benzene rings is 2. The minimum absolute atomic E-state index is 0.0246. The van der Waals surface area contributed by atoms with Crippen LogP contribution in [-0.2, 0) is 6.54 Å². The number of nitrogens with zero attached hydrogens (tertiary/aromatic N) is 3. The van der Waals surface area contributed by atoms with Crippen LogP contribution in [0.5, 0.6) is 0 Å². The molecule has 0 aliphatic carbocycles. The molecule has 0 aromatic heterocycles. The van der Waals surface area contributed by atoms with Crippen LogP contribution in [0.2, 0.25) is 0 Å². The summed E-state index contributed by atoms with van der Waals surface area (Å²) in [5, 5.41) is 10.6. The largest absolute Gasteiger partial charge is 0.378 e. The fraction of sp³-hybridized carbons (Fsp3) is 0.235. The van der Waals surface area contributed by atoms with Gasteiger partial charge in [0.1, 0.15) is 0 Å². The number of rotatable bonds is 5. The first-order valence-corrected chi connectivity index (χ1v) is 7.14. The van der Waals surface area contributed by atoms with Crippen LogP contribution in [0.4, 0.5) is 11.4 Å². The number of anilines is 1. The van der Waals surface area contributed by atoms with Gasteiger partial charge in [0.05, 0.1) is 4.92 Å². The molecule has 0 heterocycles. The van der Waals surface area contributed by atoms with E-state index >= 15 is 0 Å². The van der Waals surface area contributed by atoms with E-state index in [1.54, 1.807) is 11.9 Å². The van der Waals surface area contributed by atoms with E-state index in [4.69, 9.17) is 0 Å². The molecule has 0 N–H and O–H groups in total. The number of hydrogen-bond donors (Lipinski definition) is 0. The summed E-state index contributed by atoms with van der Waals surface area (Å²) < 4.78 is 0. The second-order valence-corrected chi connectivity index (χ2v) is 5.53. The topological polar surface area (TPSA) is 66.7 Å². The van der Waals surface area contributed by atoms with Crippen LogP contribution in [-0.4, -0.2) is 36.9 Å². The predicted octanol–water partition coefficient (Wildman–Crippen LogP) is 2.93. The molecule has 1 amide bonds. The summed E-state index contributed by atoms with van der Waals surface area (Å²) >= 11 is 0. The Balaban J connectivity index is 2.05. The number of carbonyl (C=O) groups excluding carboxylic acids is 1. The first-order valence-electron chi connectivity index (χ1n) is 7.14. The average Bonchev–Trinajstić information content (AvgIpc) is 2.54. The lowest BCUT2D eigenvalue weighted by molar-refractivity contribution is -0.384. The minimum atomic E-state index is -0.482. The number of carbonyl (C=O) groups is 1. The molecule has 0 saturated heterocycles. The number of nitro benzene ring substituents is 1. The third-order valence-corrected chi connectivity index (χ3v) is 3.54. The van der Waals surface area contributed by atoms with E-state index in [1.165, 1.54) is 24.3 Å². The summed E-state index contributed by atoms with van der Waals surface area (Å²) in [6.45, 7) is 0.476. The van der Waals surface area contributed by atoms with E-state index in [1.807, 2.05) is 43.3 Å². The first kappa shape index (κ1) is 16.5. The summed E-state index contributed by atoms with van der Waals surface area (Å²) in [7, 11) is 5.65. The summed E-state index contributed by atoms with van der Waals surface area (Å²) in [4.78, 5) is 26.1. The molecule has 2 aromatic carbocycles. The predicted molar refractivity (Wildman–Crippen MR) is 89.7 cm³/mol. The first-order chi connectivity index (χ1) is 10.9. The molecule has 6 nitrogen and oxygen atoms in total. The van der Waals surface area contributed by atoms with Gasteiger partial charge in [-0.25, -0.2) is 0 Å². The van der Waals surface area contributed by atoms with E-state index in [2.05, 4.69) is 0 Å². The molecule has 2 aromatic rings. The van der Waals surface area contributed by atoms with Crippen LogP contribution in [0.25, 0.3) is 0 Å². The molecule has 0 fully saturated rings. The highest BCUT2D eigenvalue weighted by atomic mass is 16.6. The van der Waals surface area contributed by atoms with Crippen molar-refractivity contribution in [2.75, 3.05) is 26.0 Å². The Morgan fingerprint density at radius 2 is 1.57 bits per heavy atom. The zero-order chi connectivity index (χ0) is 17.0. The second kappa shape index (κ2) is 6.91. The lowest BCUT2D eigenvalue weighted by Gasteiger charge is -2.18. The summed E-state index contributed by atoms with van der Waals surface area (Å²) in [5.74, 6) is -0.170. The van der Waals surface area contributed by atoms with Crippen LogP contribution < -0.4 is 4.90 Å². The maximum atomic E-state index is 12.4. The van der Waals surface area contributed by atoms with Crippen molar-refractivity contribution in [1.82, 2.24) is 4.90 Å². The maximum absolute atomic E-state index is 12.4. The highest BCUT2D eigenvalue weighted by molar-refractivity contribution is 5.94. The fourth-order valence-corrected chi connectivity index (χ4v) is 2.19. The molecule has 6 heteroatoms. The number of nitro groups is 1. The SMILES string of the molecule is CN(Cc1ccc(N(C)C)cc1)C(=O)c1ccc([N+](=O)[O-])cc1. The molecule has 0 saturated carbocycles. The van der Waals surface area contributed by atoms with Crippen molar-refractivity contribution < 1.29 is 9.72 Å². The second-order valence-electron chi connectivity index (χ2n) is 5.53. The number of hydrogen-bond acceptors (Lipinski definition) is 4. The van der Waals surface area contributed by atoms with Crippen LogP contribution in [0.15, 0.2) is 48.5 Å². The van der Waals surface area contributed by atoms with E-state index in [-0.39, 0.29) is 11.6 Å². The van der Waals surface area contributed by atoms with E-state index < -0.39 is 4.92 Å². The highest BCUT2D eigenvalue weighted by Gasteiger charge is 2.14. The monoisotopic (exact) mass is 313 g/mol. The summed E-state index contributed by atoms with van der Waals surface area (Å²) in [5.41, 5.74) is 2.53. The van der Waals surface area contributed by atoms with Gasteiger partial charge in [-0.05, 0) is 29.8 Å². The van der Waals surface area contributed by atoms with Crippen molar-refractivity contribution in [3.05, 3.63) is 69.8 Å². The number of non-ortho nitro benzene ring substituents is 1. The molecule has 0 radical (unpaired) electrons. The quantitative estimate of drug-likeness (QED) is 0.629. The van der Waals surface area contributed by atoms with Crippen molar-refractivity contribution in [3.63, 3.8) is 0 Å². The zero-order valence-electron chi connectivity index (χ0n) is 13.4. The van der Waals surface area contributed by atoms with Gasteiger partial charge in [-0.3, -0.25) is 14.9 Å². The Bertz CT molecular complexity index is 694. The van der Waals surface area contributed by atoms with Gasteiger partial charge in [0.2, 0.25) is 0 Å². The van der Waals surface area contributed by atoms with Crippen LogP contribution in [0.1, 0.15) is 15.9 Å². The van der Waals surface area contributed by atoms with E-state index in [0.717, 1.165) is 11.3 Å². The molecule has 0 aliphatic heterocycles. The normalized spacial score (nSPS) is 10.2.